The van der Waals surface area contributed by atoms with E-state index in [4.69, 9.17) is 0 Å². The summed E-state index contributed by atoms with van der Waals surface area (Å²) in [6.45, 7) is 4.32. The molecular weight excluding hydrogens is 304 g/mol. The topological polar surface area (TPSA) is 58.2 Å². The number of amides is 2. The molecule has 0 unspecified atom stereocenters. The van der Waals surface area contributed by atoms with E-state index in [-0.39, 0.29) is 17.2 Å². The van der Waals surface area contributed by atoms with E-state index in [0.717, 1.165) is 11.3 Å². The van der Waals surface area contributed by atoms with Gasteiger partial charge in [-0.05, 0) is 11.5 Å². The third-order valence-corrected chi connectivity index (χ3v) is 5.94. The highest BCUT2D eigenvalue weighted by Crippen LogP contribution is 2.32. The predicted octanol–water partition coefficient (Wildman–Crippen LogP) is 2.21. The molecule has 1 fully saturated rings. The summed E-state index contributed by atoms with van der Waals surface area (Å²) in [6.07, 6.45) is 0.307. The molecule has 2 rings (SSSR count). The summed E-state index contributed by atoms with van der Waals surface area (Å²) < 4.78 is 0. The van der Waals surface area contributed by atoms with E-state index in [1.54, 1.807) is 21.6 Å². The Morgan fingerprint density at radius 1 is 1.33 bits per heavy atom. The van der Waals surface area contributed by atoms with Crippen LogP contribution >= 0.6 is 21.6 Å². The van der Waals surface area contributed by atoms with E-state index in [0.29, 0.717) is 12.3 Å². The quantitative estimate of drug-likeness (QED) is 0.596. The van der Waals surface area contributed by atoms with Crippen LogP contribution in [0.1, 0.15) is 19.4 Å². The summed E-state index contributed by atoms with van der Waals surface area (Å²) in [5.41, 5.74) is 0.952. The molecule has 0 bridgehead atoms. The number of β-lactam (4-membered cyclic amide) rings is 1. The van der Waals surface area contributed by atoms with Gasteiger partial charge < -0.3 is 10.6 Å². The number of nitrogens with one attached hydrogen (secondary N) is 2. The third-order valence-electron chi connectivity index (χ3n) is 2.97. The Balaban J connectivity index is 1.77. The van der Waals surface area contributed by atoms with Crippen molar-refractivity contribution in [3.63, 3.8) is 0 Å². The molecule has 0 radical (unpaired) electrons. The Labute approximate surface area is 133 Å². The lowest BCUT2D eigenvalue weighted by molar-refractivity contribution is -0.133. The maximum Gasteiger partial charge on any atom is 0.246 e. The second-order valence-electron chi connectivity index (χ2n) is 5.41. The zero-order chi connectivity index (χ0) is 15.2. The van der Waals surface area contributed by atoms with Gasteiger partial charge in [0.15, 0.2) is 0 Å². The van der Waals surface area contributed by atoms with E-state index >= 15 is 0 Å². The Hall–Kier alpha value is -1.14. The average Bonchev–Trinajstić information content (AvgIpc) is 2.45. The van der Waals surface area contributed by atoms with Gasteiger partial charge in [-0.3, -0.25) is 9.59 Å². The molecule has 0 spiro atoms. The molecule has 0 aromatic heterocycles. The lowest BCUT2D eigenvalue weighted by Gasteiger charge is -2.36. The van der Waals surface area contributed by atoms with Crippen LogP contribution in [0.2, 0.25) is 0 Å². The fourth-order valence-electron chi connectivity index (χ4n) is 1.83. The first-order valence-corrected chi connectivity index (χ1v) is 9.36. The van der Waals surface area contributed by atoms with Gasteiger partial charge >= 0.3 is 0 Å². The number of hydrogen-bond donors (Lipinski definition) is 2. The summed E-state index contributed by atoms with van der Waals surface area (Å²) in [6, 6.07) is 9.13. The molecule has 4 nitrogen and oxygen atoms in total. The summed E-state index contributed by atoms with van der Waals surface area (Å²) in [7, 11) is 3.35. The van der Waals surface area contributed by atoms with Crippen molar-refractivity contribution in [2.24, 2.45) is 5.92 Å². The fraction of sp³-hybridized carbons (Fsp3) is 0.467. The van der Waals surface area contributed by atoms with E-state index in [2.05, 4.69) is 24.5 Å². The van der Waals surface area contributed by atoms with Gasteiger partial charge in [0.05, 0.1) is 6.42 Å². The first-order valence-electron chi connectivity index (χ1n) is 6.98. The monoisotopic (exact) mass is 324 g/mol. The number of rotatable bonds is 7. The van der Waals surface area contributed by atoms with Crippen LogP contribution in [-0.2, 0) is 16.0 Å². The Morgan fingerprint density at radius 3 is 2.67 bits per heavy atom. The van der Waals surface area contributed by atoms with Crippen molar-refractivity contribution < 1.29 is 9.59 Å². The lowest BCUT2D eigenvalue weighted by atomic mass is 10.1. The Bertz CT molecular complexity index is 494. The van der Waals surface area contributed by atoms with Crippen molar-refractivity contribution in [1.82, 2.24) is 10.6 Å². The number of carbonyl (C=O) groups excluding carboxylic acids is 2. The molecule has 1 aliphatic rings. The van der Waals surface area contributed by atoms with Gasteiger partial charge in [0.1, 0.15) is 11.4 Å². The first kappa shape index (κ1) is 16.2. The van der Waals surface area contributed by atoms with Gasteiger partial charge in [0, 0.05) is 5.75 Å². The zero-order valence-corrected chi connectivity index (χ0v) is 13.8. The van der Waals surface area contributed by atoms with Crippen LogP contribution in [0.4, 0.5) is 0 Å². The van der Waals surface area contributed by atoms with Gasteiger partial charge in [-0.15, -0.1) is 0 Å². The molecule has 1 aromatic carbocycles. The highest BCUT2D eigenvalue weighted by Gasteiger charge is 2.40. The van der Waals surface area contributed by atoms with Crippen molar-refractivity contribution in [2.45, 2.75) is 31.7 Å². The van der Waals surface area contributed by atoms with Gasteiger partial charge in [0.25, 0.3) is 0 Å². The molecule has 114 valence electrons. The van der Waals surface area contributed by atoms with E-state index in [1.165, 1.54) is 0 Å². The van der Waals surface area contributed by atoms with Gasteiger partial charge in [-0.2, -0.15) is 0 Å². The van der Waals surface area contributed by atoms with Crippen molar-refractivity contribution in [2.75, 3.05) is 5.75 Å². The average molecular weight is 324 g/mol. The smallest absolute Gasteiger partial charge is 0.246 e. The van der Waals surface area contributed by atoms with Crippen LogP contribution in [0.5, 0.6) is 0 Å². The molecule has 6 heteroatoms. The van der Waals surface area contributed by atoms with E-state index < -0.39 is 6.04 Å². The highest BCUT2D eigenvalue weighted by molar-refractivity contribution is 8.77. The minimum absolute atomic E-state index is 0.0269. The molecule has 1 heterocycles. The number of carbonyl (C=O) groups is 2. The van der Waals surface area contributed by atoms with Crippen LogP contribution in [0.3, 0.4) is 0 Å². The third kappa shape index (κ3) is 4.97. The normalized spacial score (nSPS) is 20.8. The van der Waals surface area contributed by atoms with Gasteiger partial charge in [-0.1, -0.05) is 65.8 Å². The van der Waals surface area contributed by atoms with Crippen molar-refractivity contribution in [3.8, 4) is 0 Å². The van der Waals surface area contributed by atoms with Crippen LogP contribution in [0.15, 0.2) is 30.3 Å². The zero-order valence-electron chi connectivity index (χ0n) is 12.2. The van der Waals surface area contributed by atoms with Crippen molar-refractivity contribution in [3.05, 3.63) is 35.9 Å². The SMILES string of the molecule is CC(C)CSS[C@H]1NC(=O)[C@H]1NC(=O)Cc1ccccc1. The summed E-state index contributed by atoms with van der Waals surface area (Å²) in [5.74, 6) is 1.44. The van der Waals surface area contributed by atoms with Crippen LogP contribution in [-0.4, -0.2) is 29.0 Å². The molecule has 0 aliphatic carbocycles. The maximum absolute atomic E-state index is 12.0. The molecule has 1 saturated heterocycles. The minimum Gasteiger partial charge on any atom is -0.341 e. The predicted molar refractivity (Wildman–Crippen MR) is 88.9 cm³/mol. The standard InChI is InChI=1S/C15H20N2O2S2/c1-10(2)9-20-21-15-13(14(19)17-15)16-12(18)8-11-6-4-3-5-7-11/h3-7,10,13,15H,8-9H2,1-2H3,(H,16,18)(H,17,19)/t13-,15-/m1/s1. The van der Waals surface area contributed by atoms with Crippen LogP contribution in [0, 0.1) is 5.92 Å². The molecule has 0 saturated carbocycles. The molecular formula is C15H20N2O2S2. The van der Waals surface area contributed by atoms with Crippen molar-refractivity contribution in [1.29, 1.82) is 0 Å². The molecule has 21 heavy (non-hydrogen) atoms. The van der Waals surface area contributed by atoms with Gasteiger partial charge in [0.2, 0.25) is 11.8 Å². The summed E-state index contributed by atoms with van der Waals surface area (Å²) >= 11 is 0. The Kier molecular flexibility index (Phi) is 5.99. The first-order chi connectivity index (χ1) is 10.1. The van der Waals surface area contributed by atoms with E-state index in [1.807, 2.05) is 30.3 Å². The van der Waals surface area contributed by atoms with Gasteiger partial charge in [-0.25, -0.2) is 0 Å². The second kappa shape index (κ2) is 7.75. The van der Waals surface area contributed by atoms with Crippen LogP contribution < -0.4 is 10.6 Å². The molecule has 2 atom stereocenters. The second-order valence-corrected chi connectivity index (χ2v) is 7.97. The van der Waals surface area contributed by atoms with Crippen LogP contribution in [0.25, 0.3) is 0 Å². The van der Waals surface area contributed by atoms with E-state index in [9.17, 15) is 9.59 Å². The molecule has 2 N–H and O–H groups in total. The maximum atomic E-state index is 12.0. The summed E-state index contributed by atoms with van der Waals surface area (Å²) in [4.78, 5) is 23.6. The van der Waals surface area contributed by atoms with Crippen molar-refractivity contribution >= 4 is 33.4 Å². The lowest BCUT2D eigenvalue weighted by Crippen LogP contribution is -2.67. The largest absolute Gasteiger partial charge is 0.341 e. The Morgan fingerprint density at radius 2 is 2.05 bits per heavy atom. The molecule has 1 aromatic rings. The molecule has 2 amide bonds. The number of benzene rings is 1. The summed E-state index contributed by atoms with van der Waals surface area (Å²) in [5, 5.41) is 5.62. The number of hydrogen-bond acceptors (Lipinski definition) is 4. The fourth-order valence-corrected chi connectivity index (χ4v) is 4.76. The molecule has 1 aliphatic heterocycles. The highest BCUT2D eigenvalue weighted by atomic mass is 33.1. The minimum atomic E-state index is -0.411.